The lowest BCUT2D eigenvalue weighted by Crippen LogP contribution is -2.63. The second-order valence-electron chi connectivity index (χ2n) is 6.13. The maximum atomic E-state index is 4.63. The fraction of sp³-hybridized carbons (Fsp3) is 0.471. The number of likely N-dealkylation sites (N-methyl/N-ethyl adjacent to an activating group) is 1. The van der Waals surface area contributed by atoms with Gasteiger partial charge in [0.25, 0.3) is 0 Å². The Bertz CT molecular complexity index is 633. The fourth-order valence-corrected chi connectivity index (χ4v) is 3.81. The van der Waals surface area contributed by atoms with Crippen LogP contribution < -0.4 is 5.32 Å². The summed E-state index contributed by atoms with van der Waals surface area (Å²) in [7, 11) is 2.07. The molecule has 0 amide bonds. The van der Waals surface area contributed by atoms with E-state index in [1.165, 1.54) is 43.7 Å². The molecule has 0 aliphatic carbocycles. The maximum absolute atomic E-state index is 4.63. The van der Waals surface area contributed by atoms with Gasteiger partial charge in [0.05, 0.1) is 11.6 Å². The van der Waals surface area contributed by atoms with Gasteiger partial charge in [-0.3, -0.25) is 14.8 Å². The van der Waals surface area contributed by atoms with Crippen molar-refractivity contribution in [1.29, 1.82) is 0 Å². The molecule has 2 atom stereocenters. The van der Waals surface area contributed by atoms with Gasteiger partial charge in [0, 0.05) is 50.3 Å². The Morgan fingerprint density at radius 1 is 1.19 bits per heavy atom. The van der Waals surface area contributed by atoms with Crippen LogP contribution in [0.2, 0.25) is 0 Å². The number of aromatic nitrogens is 1. The highest BCUT2D eigenvalue weighted by atomic mass is 15.4. The molecule has 1 N–H and O–H groups in total. The Labute approximate surface area is 125 Å². The van der Waals surface area contributed by atoms with Crippen molar-refractivity contribution < 1.29 is 0 Å². The molecule has 2 bridgehead atoms. The number of piperazine rings is 3. The van der Waals surface area contributed by atoms with E-state index in [4.69, 9.17) is 0 Å². The lowest BCUT2D eigenvalue weighted by Gasteiger charge is -2.50. The number of nitrogens with one attached hydrogen (secondary N) is 1. The van der Waals surface area contributed by atoms with Crippen LogP contribution in [0.3, 0.4) is 0 Å². The van der Waals surface area contributed by atoms with Crippen LogP contribution >= 0.6 is 0 Å². The molecule has 0 spiro atoms. The first-order valence-corrected chi connectivity index (χ1v) is 7.83. The number of hydrogen-bond acceptors (Lipinski definition) is 4. The minimum absolute atomic E-state index is 0.352. The monoisotopic (exact) mass is 282 g/mol. The molecule has 1 aromatic carbocycles. The van der Waals surface area contributed by atoms with Crippen molar-refractivity contribution in [2.45, 2.75) is 12.1 Å². The van der Waals surface area contributed by atoms with Crippen LogP contribution in [0.15, 0.2) is 36.5 Å². The van der Waals surface area contributed by atoms with E-state index >= 15 is 0 Å². The zero-order valence-corrected chi connectivity index (χ0v) is 12.5. The molecule has 4 heterocycles. The van der Waals surface area contributed by atoms with Crippen LogP contribution in [0.4, 0.5) is 0 Å². The molecule has 5 rings (SSSR count). The molecule has 2 aromatic rings. The van der Waals surface area contributed by atoms with E-state index < -0.39 is 0 Å². The Hall–Kier alpha value is -1.49. The number of fused-ring (bicyclic) bond motifs is 4. The van der Waals surface area contributed by atoms with Gasteiger partial charge in [0.15, 0.2) is 0 Å². The average Bonchev–Trinajstić information content (AvgIpc) is 2.57. The van der Waals surface area contributed by atoms with Crippen molar-refractivity contribution in [2.24, 2.45) is 0 Å². The summed E-state index contributed by atoms with van der Waals surface area (Å²) in [5.74, 6) is 0. The van der Waals surface area contributed by atoms with Crippen molar-refractivity contribution in [3.8, 4) is 0 Å². The third kappa shape index (κ3) is 2.33. The van der Waals surface area contributed by atoms with Crippen LogP contribution in [0.1, 0.15) is 11.6 Å². The molecule has 4 heteroatoms. The topological polar surface area (TPSA) is 31.4 Å². The van der Waals surface area contributed by atoms with Crippen LogP contribution in [-0.4, -0.2) is 60.6 Å². The molecule has 3 fully saturated rings. The van der Waals surface area contributed by atoms with E-state index in [9.17, 15) is 0 Å². The third-order valence-corrected chi connectivity index (χ3v) is 4.99. The summed E-state index contributed by atoms with van der Waals surface area (Å²) in [6.07, 6.45) is 2.04. The summed E-state index contributed by atoms with van der Waals surface area (Å²) in [4.78, 5) is 9.86. The maximum Gasteiger partial charge on any atom is 0.0702 e. The number of rotatable bonds is 3. The molecular formula is C17H22N4. The van der Waals surface area contributed by atoms with Gasteiger partial charge in [-0.1, -0.05) is 18.2 Å². The lowest BCUT2D eigenvalue weighted by molar-refractivity contribution is -0.00256. The highest BCUT2D eigenvalue weighted by molar-refractivity contribution is 5.78. The summed E-state index contributed by atoms with van der Waals surface area (Å²) >= 11 is 0. The van der Waals surface area contributed by atoms with E-state index in [1.807, 2.05) is 12.3 Å². The van der Waals surface area contributed by atoms with Crippen LogP contribution in [0.5, 0.6) is 0 Å². The van der Waals surface area contributed by atoms with Gasteiger partial charge in [0.1, 0.15) is 0 Å². The fourth-order valence-electron chi connectivity index (χ4n) is 3.81. The summed E-state index contributed by atoms with van der Waals surface area (Å²) in [6.45, 7) is 6.01. The number of pyridine rings is 1. The highest BCUT2D eigenvalue weighted by Gasteiger charge is 2.36. The molecule has 3 saturated heterocycles. The number of benzene rings is 1. The Morgan fingerprint density at radius 2 is 2.00 bits per heavy atom. The van der Waals surface area contributed by atoms with Crippen molar-refractivity contribution >= 4 is 10.9 Å². The van der Waals surface area contributed by atoms with E-state index in [0.29, 0.717) is 12.1 Å². The molecule has 0 saturated carbocycles. The number of nitrogens with zero attached hydrogens (tertiary/aromatic N) is 3. The molecule has 110 valence electrons. The molecule has 4 nitrogen and oxygen atoms in total. The quantitative estimate of drug-likeness (QED) is 0.924. The number of hydrogen-bond donors (Lipinski definition) is 1. The van der Waals surface area contributed by atoms with Crippen molar-refractivity contribution in [3.63, 3.8) is 0 Å². The van der Waals surface area contributed by atoms with E-state index in [0.717, 1.165) is 5.52 Å². The van der Waals surface area contributed by atoms with Crippen LogP contribution in [0, 0.1) is 0 Å². The molecular weight excluding hydrogens is 260 g/mol. The Kier molecular flexibility index (Phi) is 3.37. The minimum Gasteiger partial charge on any atom is -0.312 e. The first kappa shape index (κ1) is 13.2. The summed E-state index contributed by atoms with van der Waals surface area (Å²) in [6, 6.07) is 11.6. The minimum atomic E-state index is 0.352. The van der Waals surface area contributed by atoms with Gasteiger partial charge < -0.3 is 5.32 Å². The van der Waals surface area contributed by atoms with Crippen molar-refractivity contribution in [3.05, 3.63) is 42.1 Å². The van der Waals surface area contributed by atoms with Crippen molar-refractivity contribution in [1.82, 2.24) is 20.1 Å². The zero-order valence-electron chi connectivity index (χ0n) is 12.5. The zero-order chi connectivity index (χ0) is 14.2. The van der Waals surface area contributed by atoms with Gasteiger partial charge in [-0.25, -0.2) is 0 Å². The van der Waals surface area contributed by atoms with Gasteiger partial charge >= 0.3 is 0 Å². The third-order valence-electron chi connectivity index (χ3n) is 4.99. The summed E-state index contributed by atoms with van der Waals surface area (Å²) in [5, 5.41) is 4.76. The van der Waals surface area contributed by atoms with Gasteiger partial charge in [-0.2, -0.15) is 0 Å². The molecule has 0 radical (unpaired) electrons. The standard InChI is InChI=1S/C17H22N4/c1-18-17(16-12-20-6-8-21(16)9-7-20)14-10-13-4-2-3-5-15(13)19-11-14/h2-5,10-11,16-18H,6-9,12H2,1H3. The largest absolute Gasteiger partial charge is 0.312 e. The second-order valence-corrected chi connectivity index (χ2v) is 6.13. The molecule has 2 unspecified atom stereocenters. The normalized spacial score (nSPS) is 29.7. The lowest BCUT2D eigenvalue weighted by atomic mass is 9.94. The first-order chi connectivity index (χ1) is 10.3. The van der Waals surface area contributed by atoms with Crippen molar-refractivity contribution in [2.75, 3.05) is 39.8 Å². The van der Waals surface area contributed by atoms with Crippen LogP contribution in [-0.2, 0) is 0 Å². The summed E-state index contributed by atoms with van der Waals surface area (Å²) in [5.41, 5.74) is 2.38. The predicted octanol–water partition coefficient (Wildman–Crippen LogP) is 1.50. The van der Waals surface area contributed by atoms with Gasteiger partial charge in [0.2, 0.25) is 0 Å². The Morgan fingerprint density at radius 3 is 2.71 bits per heavy atom. The first-order valence-electron chi connectivity index (χ1n) is 7.83. The SMILES string of the molecule is CNC(c1cnc2ccccc2c1)C1CN2CCN1CC2. The molecule has 1 aromatic heterocycles. The van der Waals surface area contributed by atoms with Gasteiger partial charge in [-0.15, -0.1) is 0 Å². The predicted molar refractivity (Wildman–Crippen MR) is 85.3 cm³/mol. The van der Waals surface area contributed by atoms with Crippen LogP contribution in [0.25, 0.3) is 10.9 Å². The van der Waals surface area contributed by atoms with E-state index in [-0.39, 0.29) is 0 Å². The Balaban J connectivity index is 1.67. The summed E-state index contributed by atoms with van der Waals surface area (Å²) < 4.78 is 0. The molecule has 3 aliphatic rings. The van der Waals surface area contributed by atoms with E-state index in [2.05, 4.69) is 51.4 Å². The average molecular weight is 282 g/mol. The van der Waals surface area contributed by atoms with E-state index in [1.54, 1.807) is 0 Å². The van der Waals surface area contributed by atoms with Gasteiger partial charge in [-0.05, 0) is 24.7 Å². The second kappa shape index (κ2) is 5.37. The molecule has 3 aliphatic heterocycles. The number of para-hydroxylation sites is 1. The molecule has 21 heavy (non-hydrogen) atoms. The smallest absolute Gasteiger partial charge is 0.0702 e. The highest BCUT2D eigenvalue weighted by Crippen LogP contribution is 2.28.